The zero-order valence-electron chi connectivity index (χ0n) is 13.1. The summed E-state index contributed by atoms with van der Waals surface area (Å²) in [5, 5.41) is 9.97. The third kappa shape index (κ3) is 5.39. The first kappa shape index (κ1) is 18.1. The van der Waals surface area contributed by atoms with Crippen LogP contribution in [0.1, 0.15) is 40.5 Å². The largest absolute Gasteiger partial charge is 0.427 e. The number of hydrogen-bond donors (Lipinski definition) is 2. The van der Waals surface area contributed by atoms with Crippen LogP contribution in [-0.2, 0) is 4.65 Å². The molecule has 1 aliphatic carbocycles. The van der Waals surface area contributed by atoms with Gasteiger partial charge >= 0.3 is 7.48 Å². The van der Waals surface area contributed by atoms with Gasteiger partial charge in [-0.05, 0) is 45.3 Å². The molecule has 0 aromatic rings. The molecule has 0 heterocycles. The van der Waals surface area contributed by atoms with Crippen molar-refractivity contribution in [2.75, 3.05) is 6.54 Å². The summed E-state index contributed by atoms with van der Waals surface area (Å²) < 4.78 is 30.9. The van der Waals surface area contributed by atoms with Crippen LogP contribution in [0.4, 0.5) is 8.78 Å². The minimum absolute atomic E-state index is 0.0657. The standard InChI is InChI=1S/C14H24BF2N2O2/c1-12(2,20)13(3,4)21-15-11(7-18)9-19-8-10-5-14(16,17)6-10/h7,9-10,20H,5-6,8,18H2,1-4H3/b11-7+,19-9?. The molecular formula is C14H24BF2N2O2. The van der Waals surface area contributed by atoms with E-state index >= 15 is 0 Å². The van der Waals surface area contributed by atoms with Crippen LogP contribution < -0.4 is 5.73 Å². The number of halogens is 2. The zero-order valence-corrected chi connectivity index (χ0v) is 13.1. The molecule has 1 radical (unpaired) electrons. The van der Waals surface area contributed by atoms with E-state index in [1.54, 1.807) is 27.7 Å². The second-order valence-corrected chi connectivity index (χ2v) is 6.60. The highest BCUT2D eigenvalue weighted by atomic mass is 19.3. The Kier molecular flexibility index (Phi) is 5.55. The van der Waals surface area contributed by atoms with E-state index in [4.69, 9.17) is 10.4 Å². The number of aliphatic hydroxyl groups is 1. The molecule has 0 atom stereocenters. The third-order valence-electron chi connectivity index (χ3n) is 3.93. The molecule has 0 aromatic carbocycles. The van der Waals surface area contributed by atoms with Crippen molar-refractivity contribution in [3.63, 3.8) is 0 Å². The van der Waals surface area contributed by atoms with Crippen molar-refractivity contribution in [2.45, 2.75) is 57.7 Å². The number of nitrogens with zero attached hydrogens (tertiary/aromatic N) is 1. The van der Waals surface area contributed by atoms with Crippen LogP contribution in [0.3, 0.4) is 0 Å². The quantitative estimate of drug-likeness (QED) is 0.559. The first-order valence-electron chi connectivity index (χ1n) is 7.00. The molecule has 0 bridgehead atoms. The molecular weight excluding hydrogens is 277 g/mol. The van der Waals surface area contributed by atoms with E-state index < -0.39 is 17.1 Å². The van der Waals surface area contributed by atoms with Crippen molar-refractivity contribution in [1.82, 2.24) is 0 Å². The van der Waals surface area contributed by atoms with Crippen molar-refractivity contribution < 1.29 is 18.5 Å². The Morgan fingerprint density at radius 1 is 1.43 bits per heavy atom. The van der Waals surface area contributed by atoms with E-state index in [1.165, 1.54) is 19.9 Å². The average molecular weight is 301 g/mol. The fourth-order valence-corrected chi connectivity index (χ4v) is 1.69. The molecule has 0 saturated heterocycles. The van der Waals surface area contributed by atoms with Gasteiger partial charge in [0.05, 0.1) is 11.2 Å². The lowest BCUT2D eigenvalue weighted by molar-refractivity contribution is -0.107. The van der Waals surface area contributed by atoms with Gasteiger partial charge in [0.15, 0.2) is 0 Å². The molecule has 1 rings (SSSR count). The molecule has 1 aliphatic rings. The predicted molar refractivity (Wildman–Crippen MR) is 80.5 cm³/mol. The van der Waals surface area contributed by atoms with Crippen LogP contribution >= 0.6 is 0 Å². The minimum atomic E-state index is -2.52. The van der Waals surface area contributed by atoms with Gasteiger partial charge in [-0.3, -0.25) is 4.99 Å². The molecule has 1 saturated carbocycles. The van der Waals surface area contributed by atoms with Gasteiger partial charge < -0.3 is 15.5 Å². The maximum absolute atomic E-state index is 12.7. The molecule has 0 amide bonds. The number of hydrogen-bond acceptors (Lipinski definition) is 4. The van der Waals surface area contributed by atoms with Crippen molar-refractivity contribution in [2.24, 2.45) is 16.6 Å². The molecule has 1 fully saturated rings. The van der Waals surface area contributed by atoms with Gasteiger partial charge in [0.2, 0.25) is 5.92 Å². The van der Waals surface area contributed by atoms with E-state index in [0.29, 0.717) is 12.0 Å². The van der Waals surface area contributed by atoms with Gasteiger partial charge in [-0.15, -0.1) is 0 Å². The predicted octanol–water partition coefficient (Wildman–Crippen LogP) is 2.09. The first-order chi connectivity index (χ1) is 9.47. The summed E-state index contributed by atoms with van der Waals surface area (Å²) in [6.07, 6.45) is 2.62. The van der Waals surface area contributed by atoms with Crippen LogP contribution in [0.5, 0.6) is 0 Å². The summed E-state index contributed by atoms with van der Waals surface area (Å²) in [5.74, 6) is -2.58. The van der Waals surface area contributed by atoms with E-state index in [1.807, 2.05) is 0 Å². The van der Waals surface area contributed by atoms with Crippen LogP contribution in [0.25, 0.3) is 0 Å². The number of alkyl halides is 2. The Hall–Kier alpha value is -0.945. The van der Waals surface area contributed by atoms with E-state index in [2.05, 4.69) is 4.99 Å². The lowest BCUT2D eigenvalue weighted by atomic mass is 9.81. The molecule has 0 aliphatic heterocycles. The van der Waals surface area contributed by atoms with E-state index in [0.717, 1.165) is 0 Å². The Labute approximate surface area is 125 Å². The second kappa shape index (κ2) is 6.44. The van der Waals surface area contributed by atoms with Crippen molar-refractivity contribution in [3.8, 4) is 0 Å². The fourth-order valence-electron chi connectivity index (χ4n) is 1.69. The number of rotatable bonds is 7. The molecule has 4 nitrogen and oxygen atoms in total. The zero-order chi connectivity index (χ0) is 16.3. The summed E-state index contributed by atoms with van der Waals surface area (Å²) in [4.78, 5) is 4.11. The fraction of sp³-hybridized carbons (Fsp3) is 0.786. The molecule has 119 valence electrons. The van der Waals surface area contributed by atoms with Crippen LogP contribution in [0.15, 0.2) is 16.7 Å². The lowest BCUT2D eigenvalue weighted by Crippen LogP contribution is -2.48. The van der Waals surface area contributed by atoms with Gasteiger partial charge in [0, 0.05) is 25.6 Å². The van der Waals surface area contributed by atoms with Crippen molar-refractivity contribution in [3.05, 3.63) is 11.7 Å². The van der Waals surface area contributed by atoms with Crippen LogP contribution in [0.2, 0.25) is 0 Å². The molecule has 21 heavy (non-hydrogen) atoms. The molecule has 3 N–H and O–H groups in total. The van der Waals surface area contributed by atoms with Crippen LogP contribution in [0, 0.1) is 5.92 Å². The summed E-state index contributed by atoms with van der Waals surface area (Å²) in [5.41, 5.74) is 4.17. The summed E-state index contributed by atoms with van der Waals surface area (Å²) in [6.45, 7) is 7.17. The summed E-state index contributed by atoms with van der Waals surface area (Å²) in [6, 6.07) is 0. The Bertz CT molecular complexity index is 410. The van der Waals surface area contributed by atoms with Gasteiger partial charge in [-0.1, -0.05) is 0 Å². The van der Waals surface area contributed by atoms with Crippen molar-refractivity contribution in [1.29, 1.82) is 0 Å². The van der Waals surface area contributed by atoms with Gasteiger partial charge in [0.25, 0.3) is 0 Å². The lowest BCUT2D eigenvalue weighted by Gasteiger charge is -2.37. The van der Waals surface area contributed by atoms with E-state index in [-0.39, 0.29) is 18.8 Å². The number of aliphatic imine (C=N–C) groups is 1. The normalized spacial score (nSPS) is 20.6. The van der Waals surface area contributed by atoms with Crippen molar-refractivity contribution >= 4 is 13.7 Å². The molecule has 0 spiro atoms. The highest BCUT2D eigenvalue weighted by Gasteiger charge is 2.44. The van der Waals surface area contributed by atoms with Gasteiger partial charge in [0.1, 0.15) is 0 Å². The molecule has 7 heteroatoms. The third-order valence-corrected chi connectivity index (χ3v) is 3.93. The average Bonchev–Trinajstić information content (AvgIpc) is 2.29. The number of allylic oxidation sites excluding steroid dienone is 1. The molecule has 0 aromatic heterocycles. The Balaban J connectivity index is 2.39. The summed E-state index contributed by atoms with van der Waals surface area (Å²) in [7, 11) is 1.41. The monoisotopic (exact) mass is 301 g/mol. The van der Waals surface area contributed by atoms with Gasteiger partial charge in [-0.2, -0.15) is 0 Å². The van der Waals surface area contributed by atoms with Gasteiger partial charge in [-0.25, -0.2) is 8.78 Å². The highest BCUT2D eigenvalue weighted by Crippen LogP contribution is 2.42. The Morgan fingerprint density at radius 2 is 2.00 bits per heavy atom. The number of nitrogens with two attached hydrogens (primary N) is 1. The Morgan fingerprint density at radius 3 is 2.43 bits per heavy atom. The topological polar surface area (TPSA) is 67.8 Å². The SMILES string of the molecule is CC(C)(O)C(C)(C)O[B]/C(C=NCC1CC(F)(F)C1)=C/N. The second-order valence-electron chi connectivity index (χ2n) is 6.60. The maximum Gasteiger partial charge on any atom is 0.333 e. The van der Waals surface area contributed by atoms with Crippen LogP contribution in [-0.4, -0.2) is 42.5 Å². The summed E-state index contributed by atoms with van der Waals surface area (Å²) >= 11 is 0. The van der Waals surface area contributed by atoms with E-state index in [9.17, 15) is 13.9 Å². The maximum atomic E-state index is 12.7. The minimum Gasteiger partial charge on any atom is -0.427 e. The smallest absolute Gasteiger partial charge is 0.333 e. The first-order valence-corrected chi connectivity index (χ1v) is 7.00. The highest BCUT2D eigenvalue weighted by molar-refractivity contribution is 6.46. The molecule has 0 unspecified atom stereocenters.